The fourth-order valence-electron chi connectivity index (χ4n) is 1.80. The number of thioether (sulfide) groups is 1. The van der Waals surface area contributed by atoms with Gasteiger partial charge in [-0.3, -0.25) is 5.41 Å². The summed E-state index contributed by atoms with van der Waals surface area (Å²) >= 11 is 1.60. The van der Waals surface area contributed by atoms with E-state index in [1.54, 1.807) is 16.7 Å². The van der Waals surface area contributed by atoms with Crippen LogP contribution in [0.4, 0.5) is 5.95 Å². The number of sulfone groups is 1. The zero-order chi connectivity index (χ0) is 14.0. The summed E-state index contributed by atoms with van der Waals surface area (Å²) in [5.41, 5.74) is 5.69. The second kappa shape index (κ2) is 5.33. The Bertz CT molecular complexity index is 589. The lowest BCUT2D eigenvalue weighted by Gasteiger charge is -2.34. The lowest BCUT2D eigenvalue weighted by atomic mass is 10.4. The Kier molecular flexibility index (Phi) is 3.95. The van der Waals surface area contributed by atoms with Gasteiger partial charge in [-0.15, -0.1) is 0 Å². The van der Waals surface area contributed by atoms with Crippen LogP contribution in [0.15, 0.2) is 12.3 Å². The van der Waals surface area contributed by atoms with Crippen LogP contribution in [0.25, 0.3) is 0 Å². The minimum Gasteiger partial charge on any atom is -0.382 e. The Morgan fingerprint density at radius 3 is 3.00 bits per heavy atom. The highest BCUT2D eigenvalue weighted by molar-refractivity contribution is 8.01. The molecule has 0 amide bonds. The van der Waals surface area contributed by atoms with Crippen molar-refractivity contribution in [2.75, 3.05) is 29.2 Å². The number of amidine groups is 1. The van der Waals surface area contributed by atoms with E-state index in [-0.39, 0.29) is 5.84 Å². The summed E-state index contributed by atoms with van der Waals surface area (Å²) in [5.74, 6) is 1.46. The van der Waals surface area contributed by atoms with E-state index in [9.17, 15) is 8.42 Å². The molecule has 1 unspecified atom stereocenters. The van der Waals surface area contributed by atoms with Gasteiger partial charge in [0.25, 0.3) is 0 Å². The van der Waals surface area contributed by atoms with Crippen LogP contribution in [0.2, 0.25) is 0 Å². The predicted molar refractivity (Wildman–Crippen MR) is 76.4 cm³/mol. The maximum Gasteiger partial charge on any atom is 0.227 e. The van der Waals surface area contributed by atoms with E-state index >= 15 is 0 Å². The Balaban J connectivity index is 2.38. The summed E-state index contributed by atoms with van der Waals surface area (Å²) < 4.78 is 23.6. The highest BCUT2D eigenvalue weighted by Gasteiger charge is 2.32. The van der Waals surface area contributed by atoms with Crippen LogP contribution in [-0.2, 0) is 9.84 Å². The lowest BCUT2D eigenvalue weighted by Crippen LogP contribution is -2.48. The highest BCUT2D eigenvalue weighted by Crippen LogP contribution is 2.24. The molecule has 1 fully saturated rings. The molecule has 19 heavy (non-hydrogen) atoms. The van der Waals surface area contributed by atoms with E-state index in [0.717, 1.165) is 5.75 Å². The molecular formula is C10H15N5O2S2. The van der Waals surface area contributed by atoms with E-state index < -0.39 is 15.2 Å². The summed E-state index contributed by atoms with van der Waals surface area (Å²) in [6, 6.07) is 1.53. The van der Waals surface area contributed by atoms with E-state index in [0.29, 0.717) is 23.9 Å². The van der Waals surface area contributed by atoms with Gasteiger partial charge < -0.3 is 10.6 Å². The van der Waals surface area contributed by atoms with E-state index in [1.807, 2.05) is 0 Å². The fraction of sp³-hybridized carbons (Fsp3) is 0.500. The largest absolute Gasteiger partial charge is 0.382 e. The van der Waals surface area contributed by atoms with Crippen molar-refractivity contribution in [1.82, 2.24) is 9.97 Å². The van der Waals surface area contributed by atoms with Gasteiger partial charge in [0, 0.05) is 30.5 Å². The lowest BCUT2D eigenvalue weighted by molar-refractivity contribution is 0.582. The topological polar surface area (TPSA) is 113 Å². The fourth-order valence-corrected chi connectivity index (χ4v) is 4.61. The minimum atomic E-state index is -3.22. The number of nitrogens with two attached hydrogens (primary N) is 1. The molecule has 0 spiro atoms. The molecule has 0 bridgehead atoms. The third-order valence-electron chi connectivity index (χ3n) is 2.75. The van der Waals surface area contributed by atoms with Crippen LogP contribution in [0, 0.1) is 5.41 Å². The first kappa shape index (κ1) is 14.1. The molecule has 9 heteroatoms. The molecule has 3 N–H and O–H groups in total. The van der Waals surface area contributed by atoms with Crippen molar-refractivity contribution in [2.45, 2.75) is 5.37 Å². The van der Waals surface area contributed by atoms with Gasteiger partial charge in [-0.2, -0.15) is 11.8 Å². The smallest absolute Gasteiger partial charge is 0.227 e. The van der Waals surface area contributed by atoms with Crippen molar-refractivity contribution in [3.05, 3.63) is 18.0 Å². The van der Waals surface area contributed by atoms with Crippen LogP contribution >= 0.6 is 11.8 Å². The quantitative estimate of drug-likeness (QED) is 0.581. The third kappa shape index (κ3) is 3.16. The molecule has 0 aliphatic carbocycles. The first-order valence-electron chi connectivity index (χ1n) is 5.60. The molecule has 1 aromatic rings. The van der Waals surface area contributed by atoms with Gasteiger partial charge in [0.05, 0.1) is 0 Å². The van der Waals surface area contributed by atoms with E-state index in [2.05, 4.69) is 9.97 Å². The highest BCUT2D eigenvalue weighted by atomic mass is 32.2. The van der Waals surface area contributed by atoms with Crippen molar-refractivity contribution in [3.8, 4) is 0 Å². The van der Waals surface area contributed by atoms with Gasteiger partial charge in [0.2, 0.25) is 5.95 Å². The van der Waals surface area contributed by atoms with Gasteiger partial charge >= 0.3 is 0 Å². The molecule has 1 aromatic heterocycles. The Labute approximate surface area is 116 Å². The van der Waals surface area contributed by atoms with Crippen molar-refractivity contribution >= 4 is 33.4 Å². The summed E-state index contributed by atoms with van der Waals surface area (Å²) in [6.45, 7) is 0.559. The van der Waals surface area contributed by atoms with Crippen LogP contribution in [0.5, 0.6) is 0 Å². The monoisotopic (exact) mass is 301 g/mol. The van der Waals surface area contributed by atoms with E-state index in [4.69, 9.17) is 11.1 Å². The van der Waals surface area contributed by atoms with Gasteiger partial charge in [0.1, 0.15) is 16.9 Å². The average Bonchev–Trinajstić information content (AvgIpc) is 2.38. The minimum absolute atomic E-state index is 0.161. The second-order valence-electron chi connectivity index (χ2n) is 4.21. The molecule has 1 aliphatic rings. The third-order valence-corrected chi connectivity index (χ3v) is 5.40. The summed E-state index contributed by atoms with van der Waals surface area (Å²) in [7, 11) is -3.22. The van der Waals surface area contributed by atoms with Crippen LogP contribution in [0.1, 0.15) is 5.69 Å². The SMILES string of the molecule is CS(=O)(=O)C1CSCCN1c1nccc(C(=N)N)n1. The van der Waals surface area contributed by atoms with E-state index in [1.165, 1.54) is 18.5 Å². The molecule has 1 aliphatic heterocycles. The molecule has 2 rings (SSSR count). The molecule has 1 atom stereocenters. The Morgan fingerprint density at radius 1 is 1.63 bits per heavy atom. The van der Waals surface area contributed by atoms with Crippen molar-refractivity contribution in [1.29, 1.82) is 5.41 Å². The van der Waals surface area contributed by atoms with Crippen LogP contribution < -0.4 is 10.6 Å². The summed E-state index contributed by atoms with van der Waals surface area (Å²) in [5, 5.41) is 6.73. The number of nitrogens with zero attached hydrogens (tertiary/aromatic N) is 3. The van der Waals surface area contributed by atoms with Gasteiger partial charge in [-0.25, -0.2) is 18.4 Å². The number of nitrogens with one attached hydrogen (secondary N) is 1. The number of rotatable bonds is 3. The van der Waals surface area contributed by atoms with Gasteiger partial charge in [0.15, 0.2) is 9.84 Å². The molecule has 0 saturated carbocycles. The Hall–Kier alpha value is -1.35. The first-order chi connectivity index (χ1) is 8.89. The average molecular weight is 301 g/mol. The molecule has 7 nitrogen and oxygen atoms in total. The summed E-state index contributed by atoms with van der Waals surface area (Å²) in [6.07, 6.45) is 2.70. The maximum atomic E-state index is 11.8. The van der Waals surface area contributed by atoms with Crippen LogP contribution in [-0.4, -0.2) is 53.9 Å². The number of anilines is 1. The van der Waals surface area contributed by atoms with Crippen molar-refractivity contribution < 1.29 is 8.42 Å². The zero-order valence-corrected chi connectivity index (χ0v) is 12.0. The van der Waals surface area contributed by atoms with Crippen LogP contribution in [0.3, 0.4) is 0 Å². The molecule has 1 saturated heterocycles. The predicted octanol–water partition coefficient (Wildman–Crippen LogP) is -0.315. The van der Waals surface area contributed by atoms with Crippen molar-refractivity contribution in [3.63, 3.8) is 0 Å². The van der Waals surface area contributed by atoms with Crippen molar-refractivity contribution in [2.24, 2.45) is 5.73 Å². The normalized spacial score (nSPS) is 20.3. The first-order valence-corrected chi connectivity index (χ1v) is 8.71. The number of nitrogen functional groups attached to an aromatic ring is 1. The molecule has 0 radical (unpaired) electrons. The molecular weight excluding hydrogens is 286 g/mol. The molecule has 2 heterocycles. The van der Waals surface area contributed by atoms with Gasteiger partial charge in [-0.05, 0) is 6.07 Å². The maximum absolute atomic E-state index is 11.8. The number of hydrogen-bond donors (Lipinski definition) is 2. The number of hydrogen-bond acceptors (Lipinski definition) is 7. The number of aromatic nitrogens is 2. The summed E-state index contributed by atoms with van der Waals surface area (Å²) in [4.78, 5) is 9.91. The molecule has 0 aromatic carbocycles. The van der Waals surface area contributed by atoms with Gasteiger partial charge in [-0.1, -0.05) is 0 Å². The zero-order valence-electron chi connectivity index (χ0n) is 10.4. The standard InChI is InChI=1S/C10H15N5O2S2/c1-19(16,17)8-6-18-5-4-15(8)10-13-3-2-7(14-10)9(11)12/h2-3,8H,4-6H2,1H3,(H3,11,12). The Morgan fingerprint density at radius 2 is 2.37 bits per heavy atom. The molecule has 104 valence electrons. The second-order valence-corrected chi connectivity index (χ2v) is 7.56.